The summed E-state index contributed by atoms with van der Waals surface area (Å²) >= 11 is 0. The maximum absolute atomic E-state index is 11.3. The molecule has 0 aromatic heterocycles. The van der Waals surface area contributed by atoms with Crippen molar-refractivity contribution >= 4 is 19.7 Å². The van der Waals surface area contributed by atoms with E-state index in [1.165, 1.54) is 6.07 Å². The molecule has 0 bridgehead atoms. The molecule has 1 aromatic rings. The largest absolute Gasteiger partial charge is 0.492 e. The summed E-state index contributed by atoms with van der Waals surface area (Å²) in [5.41, 5.74) is 0. The van der Waals surface area contributed by atoms with Gasteiger partial charge in [-0.05, 0) is 18.1 Å². The third kappa shape index (κ3) is 4.21. The zero-order valence-corrected chi connectivity index (χ0v) is 11.6. The number of hydrogen-bond acceptors (Lipinski definition) is 3. The van der Waals surface area contributed by atoms with Crippen LogP contribution in [0.4, 0.5) is 0 Å². The predicted molar refractivity (Wildman–Crippen MR) is 69.0 cm³/mol. The summed E-state index contributed by atoms with van der Waals surface area (Å²) < 4.78 is 28.2. The summed E-state index contributed by atoms with van der Waals surface area (Å²) in [6, 6.07) is 6.43. The second-order valence-electron chi connectivity index (χ2n) is 3.88. The van der Waals surface area contributed by atoms with Gasteiger partial charge < -0.3 is 4.74 Å². The van der Waals surface area contributed by atoms with Gasteiger partial charge in [-0.2, -0.15) is 0 Å². The molecular weight excluding hydrogens is 260 g/mol. The van der Waals surface area contributed by atoms with E-state index >= 15 is 0 Å². The maximum atomic E-state index is 11.3. The predicted octanol–water partition coefficient (Wildman–Crippen LogP) is 3.43. The van der Waals surface area contributed by atoms with Crippen LogP contribution in [0.2, 0.25) is 0 Å². The second-order valence-corrected chi connectivity index (χ2v) is 6.41. The second kappa shape index (κ2) is 6.26. The lowest BCUT2D eigenvalue weighted by atomic mass is 10.1. The highest BCUT2D eigenvalue weighted by Crippen LogP contribution is 2.27. The van der Waals surface area contributed by atoms with Crippen LogP contribution in [0.25, 0.3) is 0 Å². The van der Waals surface area contributed by atoms with Gasteiger partial charge in [0.15, 0.2) is 0 Å². The number of benzene rings is 1. The van der Waals surface area contributed by atoms with Crippen molar-refractivity contribution in [2.24, 2.45) is 5.92 Å². The summed E-state index contributed by atoms with van der Waals surface area (Å²) in [5, 5.41) is 0. The lowest BCUT2D eigenvalue weighted by Crippen LogP contribution is -2.11. The maximum Gasteiger partial charge on any atom is 0.264 e. The van der Waals surface area contributed by atoms with Crippen molar-refractivity contribution in [3.63, 3.8) is 0 Å². The van der Waals surface area contributed by atoms with Crippen molar-refractivity contribution in [1.82, 2.24) is 0 Å². The molecule has 0 N–H and O–H groups in total. The Kier molecular flexibility index (Phi) is 5.28. The first-order valence-electron chi connectivity index (χ1n) is 5.65. The molecule has 0 unspecified atom stereocenters. The molecule has 0 aliphatic carbocycles. The van der Waals surface area contributed by atoms with Crippen molar-refractivity contribution in [2.75, 3.05) is 6.61 Å². The Balaban J connectivity index is 2.85. The minimum Gasteiger partial charge on any atom is -0.492 e. The van der Waals surface area contributed by atoms with Crippen LogP contribution in [0.3, 0.4) is 0 Å². The van der Waals surface area contributed by atoms with E-state index in [4.69, 9.17) is 15.4 Å². The summed E-state index contributed by atoms with van der Waals surface area (Å²) in [5.74, 6) is 0.760. The Morgan fingerprint density at radius 1 is 1.24 bits per heavy atom. The molecular formula is C12H17ClO3S. The normalized spacial score (nSPS) is 11.8. The fraction of sp³-hybridized carbons (Fsp3) is 0.500. The van der Waals surface area contributed by atoms with Crippen LogP contribution >= 0.6 is 10.7 Å². The van der Waals surface area contributed by atoms with Crippen molar-refractivity contribution in [3.8, 4) is 5.75 Å². The number of halogens is 1. The third-order valence-corrected chi connectivity index (χ3v) is 4.10. The molecule has 0 saturated heterocycles. The van der Waals surface area contributed by atoms with E-state index in [9.17, 15) is 8.42 Å². The smallest absolute Gasteiger partial charge is 0.264 e. The molecule has 0 spiro atoms. The zero-order chi connectivity index (χ0) is 12.9. The molecule has 17 heavy (non-hydrogen) atoms. The third-order valence-electron chi connectivity index (χ3n) is 2.74. The van der Waals surface area contributed by atoms with Crippen molar-refractivity contribution in [2.45, 2.75) is 31.6 Å². The van der Waals surface area contributed by atoms with E-state index in [0.29, 0.717) is 18.3 Å². The van der Waals surface area contributed by atoms with Crippen LogP contribution in [0.1, 0.15) is 26.7 Å². The molecule has 96 valence electrons. The van der Waals surface area contributed by atoms with Gasteiger partial charge in [0.1, 0.15) is 10.6 Å². The fourth-order valence-electron chi connectivity index (χ4n) is 1.50. The molecule has 0 radical (unpaired) electrons. The molecule has 3 nitrogen and oxygen atoms in total. The van der Waals surface area contributed by atoms with Gasteiger partial charge in [0.25, 0.3) is 9.05 Å². The monoisotopic (exact) mass is 276 g/mol. The molecule has 1 aromatic carbocycles. The van der Waals surface area contributed by atoms with Gasteiger partial charge in [-0.25, -0.2) is 8.42 Å². The van der Waals surface area contributed by atoms with E-state index in [1.54, 1.807) is 18.2 Å². The van der Waals surface area contributed by atoms with Gasteiger partial charge >= 0.3 is 0 Å². The van der Waals surface area contributed by atoms with Gasteiger partial charge in [-0.15, -0.1) is 0 Å². The summed E-state index contributed by atoms with van der Waals surface area (Å²) in [6.45, 7) is 4.68. The Morgan fingerprint density at radius 3 is 2.35 bits per heavy atom. The fourth-order valence-corrected chi connectivity index (χ4v) is 2.49. The molecule has 5 heteroatoms. The van der Waals surface area contributed by atoms with Crippen LogP contribution in [0, 0.1) is 5.92 Å². The van der Waals surface area contributed by atoms with Crippen molar-refractivity contribution < 1.29 is 13.2 Å². The Hall–Kier alpha value is -0.740. The number of rotatable bonds is 6. The lowest BCUT2D eigenvalue weighted by Gasteiger charge is -2.15. The Bertz CT molecular complexity index is 453. The van der Waals surface area contributed by atoms with E-state index in [1.807, 2.05) is 0 Å². The van der Waals surface area contributed by atoms with Crippen LogP contribution in [-0.4, -0.2) is 15.0 Å². The standard InChI is InChI=1S/C12H17ClO3S/c1-3-10(4-2)9-16-11-7-5-6-8-12(11)17(13,14)15/h5-8,10H,3-4,9H2,1-2H3. The van der Waals surface area contributed by atoms with Gasteiger partial charge in [0.2, 0.25) is 0 Å². The molecule has 0 amide bonds. The quantitative estimate of drug-likeness (QED) is 0.748. The van der Waals surface area contributed by atoms with Gasteiger partial charge in [-0.1, -0.05) is 38.8 Å². The average Bonchev–Trinajstić information content (AvgIpc) is 2.29. The van der Waals surface area contributed by atoms with Crippen LogP contribution in [0.5, 0.6) is 5.75 Å². The Labute approximate surface area is 107 Å². The molecule has 0 aliphatic heterocycles. The first kappa shape index (κ1) is 14.3. The molecule has 0 atom stereocenters. The minimum absolute atomic E-state index is 0.0348. The van der Waals surface area contributed by atoms with Crippen LogP contribution in [-0.2, 0) is 9.05 Å². The number of para-hydroxylation sites is 1. The Morgan fingerprint density at radius 2 is 1.82 bits per heavy atom. The van der Waals surface area contributed by atoms with E-state index < -0.39 is 9.05 Å². The first-order chi connectivity index (χ1) is 7.99. The van der Waals surface area contributed by atoms with E-state index in [-0.39, 0.29) is 4.90 Å². The molecule has 1 rings (SSSR count). The molecule has 0 saturated carbocycles. The minimum atomic E-state index is -3.75. The summed E-state index contributed by atoms with van der Waals surface area (Å²) in [4.78, 5) is 0.0348. The average molecular weight is 277 g/mol. The SMILES string of the molecule is CCC(CC)COc1ccccc1S(=O)(=O)Cl. The van der Waals surface area contributed by atoms with Crippen molar-refractivity contribution in [3.05, 3.63) is 24.3 Å². The highest BCUT2D eigenvalue weighted by Gasteiger charge is 2.16. The van der Waals surface area contributed by atoms with Crippen LogP contribution < -0.4 is 4.74 Å². The summed E-state index contributed by atoms with van der Waals surface area (Å²) in [7, 11) is 1.59. The van der Waals surface area contributed by atoms with E-state index in [2.05, 4.69) is 13.8 Å². The zero-order valence-electron chi connectivity index (χ0n) is 10.0. The number of ether oxygens (including phenoxy) is 1. The number of hydrogen-bond donors (Lipinski definition) is 0. The topological polar surface area (TPSA) is 43.4 Å². The van der Waals surface area contributed by atoms with Crippen molar-refractivity contribution in [1.29, 1.82) is 0 Å². The highest BCUT2D eigenvalue weighted by atomic mass is 35.7. The van der Waals surface area contributed by atoms with Gasteiger partial charge in [0, 0.05) is 10.7 Å². The molecule has 0 heterocycles. The molecule has 0 fully saturated rings. The van der Waals surface area contributed by atoms with Gasteiger partial charge in [-0.3, -0.25) is 0 Å². The molecule has 0 aliphatic rings. The first-order valence-corrected chi connectivity index (χ1v) is 7.96. The highest BCUT2D eigenvalue weighted by molar-refractivity contribution is 8.13. The van der Waals surface area contributed by atoms with Gasteiger partial charge in [0.05, 0.1) is 6.61 Å². The van der Waals surface area contributed by atoms with E-state index in [0.717, 1.165) is 12.8 Å². The van der Waals surface area contributed by atoms with Crippen LogP contribution in [0.15, 0.2) is 29.2 Å². The lowest BCUT2D eigenvalue weighted by molar-refractivity contribution is 0.235. The summed E-state index contributed by atoms with van der Waals surface area (Å²) in [6.07, 6.45) is 2.01.